The van der Waals surface area contributed by atoms with Gasteiger partial charge in [-0.2, -0.15) is 0 Å². The van der Waals surface area contributed by atoms with Gasteiger partial charge in [-0.1, -0.05) is 126 Å². The van der Waals surface area contributed by atoms with Gasteiger partial charge in [0.25, 0.3) is 0 Å². The first kappa shape index (κ1) is 34.7. The van der Waals surface area contributed by atoms with Crippen molar-refractivity contribution in [3.8, 4) is 56.4 Å². The van der Waals surface area contributed by atoms with E-state index in [9.17, 15) is 0 Å². The molecule has 280 valence electrons. The highest BCUT2D eigenvalue weighted by atomic mass is 15.0. The summed E-state index contributed by atoms with van der Waals surface area (Å²) in [5.74, 6) is 0.720. The van der Waals surface area contributed by atoms with Crippen LogP contribution in [0.25, 0.3) is 100 Å². The van der Waals surface area contributed by atoms with E-state index < -0.39 is 0 Å². The first-order chi connectivity index (χ1) is 29.0. The monoisotopic (exact) mass is 756 g/mol. The molecule has 4 heteroatoms. The van der Waals surface area contributed by atoms with Gasteiger partial charge in [-0.05, 0) is 110 Å². The van der Waals surface area contributed by atoms with Gasteiger partial charge in [-0.25, -0.2) is 9.97 Å². The summed E-state index contributed by atoms with van der Waals surface area (Å²) in [5, 5.41) is 5.06. The van der Waals surface area contributed by atoms with Crippen molar-refractivity contribution in [2.75, 3.05) is 0 Å². The van der Waals surface area contributed by atoms with Gasteiger partial charge in [0, 0.05) is 49.6 Å². The molecular formula is C55H40N4. The SMILES string of the molecule is Cc1ccc2c(c1)c1cc(C)ccc1n2-c1ccc2c(c1)c1ccccc1n2-c1ccc(-c2ccc(-c3cc(-c4ccccc4)nc(-c4ccccc4)n3)cc2C)cc1. The molecule has 8 aromatic carbocycles. The van der Waals surface area contributed by atoms with E-state index in [1.165, 1.54) is 71.4 Å². The first-order valence-electron chi connectivity index (χ1n) is 20.2. The maximum Gasteiger partial charge on any atom is 0.160 e. The minimum Gasteiger partial charge on any atom is -0.309 e. The summed E-state index contributed by atoms with van der Waals surface area (Å²) in [6.07, 6.45) is 0. The van der Waals surface area contributed by atoms with Crippen molar-refractivity contribution in [2.24, 2.45) is 0 Å². The average Bonchev–Trinajstić information content (AvgIpc) is 3.78. The van der Waals surface area contributed by atoms with Crippen LogP contribution < -0.4 is 0 Å². The Morgan fingerprint density at radius 1 is 0.339 bits per heavy atom. The molecular weight excluding hydrogens is 717 g/mol. The molecule has 0 saturated heterocycles. The molecule has 0 N–H and O–H groups in total. The van der Waals surface area contributed by atoms with Crippen LogP contribution in [0.1, 0.15) is 16.7 Å². The second kappa shape index (κ2) is 13.8. The minimum absolute atomic E-state index is 0.720. The summed E-state index contributed by atoms with van der Waals surface area (Å²) < 4.78 is 4.82. The van der Waals surface area contributed by atoms with Gasteiger partial charge in [-0.15, -0.1) is 0 Å². The van der Waals surface area contributed by atoms with Crippen LogP contribution in [0, 0.1) is 20.8 Å². The number of hydrogen-bond donors (Lipinski definition) is 0. The number of aryl methyl sites for hydroxylation is 3. The third-order valence-electron chi connectivity index (χ3n) is 11.8. The lowest BCUT2D eigenvalue weighted by molar-refractivity contribution is 1.16. The third kappa shape index (κ3) is 5.92. The van der Waals surface area contributed by atoms with E-state index in [4.69, 9.17) is 9.97 Å². The van der Waals surface area contributed by atoms with Crippen LogP contribution in [-0.2, 0) is 0 Å². The number of rotatable bonds is 6. The molecule has 0 aliphatic carbocycles. The van der Waals surface area contributed by atoms with Crippen molar-refractivity contribution < 1.29 is 0 Å². The normalized spacial score (nSPS) is 11.6. The number of para-hydroxylation sites is 1. The van der Waals surface area contributed by atoms with Crippen LogP contribution in [0.2, 0.25) is 0 Å². The van der Waals surface area contributed by atoms with Crippen molar-refractivity contribution >= 4 is 43.6 Å². The summed E-state index contributed by atoms with van der Waals surface area (Å²) in [7, 11) is 0. The van der Waals surface area contributed by atoms with Gasteiger partial charge in [-0.3, -0.25) is 0 Å². The van der Waals surface area contributed by atoms with E-state index in [1.807, 2.05) is 24.3 Å². The molecule has 0 atom stereocenters. The highest BCUT2D eigenvalue weighted by molar-refractivity contribution is 6.12. The maximum atomic E-state index is 5.07. The van der Waals surface area contributed by atoms with E-state index in [0.29, 0.717) is 0 Å². The van der Waals surface area contributed by atoms with E-state index in [-0.39, 0.29) is 0 Å². The Morgan fingerprint density at radius 2 is 0.847 bits per heavy atom. The molecule has 0 aliphatic rings. The van der Waals surface area contributed by atoms with E-state index in [2.05, 4.69) is 194 Å². The standard InChI is InChI=1S/C55H40N4/c1-35-18-27-52-46(30-35)47-31-36(2)19-28-53(47)59(52)43-25-29-54-48(33-43)45-16-10-11-17-51(45)58(54)42-23-20-38(21-24-42)44-26-22-41(32-37(44)3)50-34-49(39-12-6-4-7-13-39)56-55(57-50)40-14-8-5-9-15-40/h4-34H,1-3H3. The predicted octanol–water partition coefficient (Wildman–Crippen LogP) is 14.3. The molecule has 0 unspecified atom stereocenters. The Labute approximate surface area is 343 Å². The Balaban J connectivity index is 0.970. The van der Waals surface area contributed by atoms with Crippen molar-refractivity contribution in [1.29, 1.82) is 0 Å². The number of aromatic nitrogens is 4. The number of benzene rings is 8. The Hall–Kier alpha value is -7.56. The summed E-state index contributed by atoms with van der Waals surface area (Å²) in [6.45, 7) is 6.54. The van der Waals surface area contributed by atoms with Gasteiger partial charge >= 0.3 is 0 Å². The van der Waals surface area contributed by atoms with Crippen LogP contribution >= 0.6 is 0 Å². The molecule has 3 heterocycles. The summed E-state index contributed by atoms with van der Waals surface area (Å²) in [6, 6.07) is 67.6. The quantitative estimate of drug-likeness (QED) is 0.169. The molecule has 59 heavy (non-hydrogen) atoms. The van der Waals surface area contributed by atoms with E-state index in [0.717, 1.165) is 45.3 Å². The molecule has 4 nitrogen and oxygen atoms in total. The van der Waals surface area contributed by atoms with E-state index >= 15 is 0 Å². The van der Waals surface area contributed by atoms with Crippen molar-refractivity contribution in [1.82, 2.24) is 19.1 Å². The van der Waals surface area contributed by atoms with Gasteiger partial charge in [0.15, 0.2) is 5.82 Å². The third-order valence-corrected chi connectivity index (χ3v) is 11.8. The summed E-state index contributed by atoms with van der Waals surface area (Å²) >= 11 is 0. The number of nitrogens with zero attached hydrogens (tertiary/aromatic N) is 4. The molecule has 0 bridgehead atoms. The fourth-order valence-corrected chi connectivity index (χ4v) is 8.91. The molecule has 3 aromatic heterocycles. The van der Waals surface area contributed by atoms with Crippen LogP contribution in [0.3, 0.4) is 0 Å². The van der Waals surface area contributed by atoms with Gasteiger partial charge < -0.3 is 9.13 Å². The smallest absolute Gasteiger partial charge is 0.160 e. The zero-order valence-corrected chi connectivity index (χ0v) is 33.2. The summed E-state index contributed by atoms with van der Waals surface area (Å²) in [5.41, 5.74) is 18.2. The molecule has 0 saturated carbocycles. The fourth-order valence-electron chi connectivity index (χ4n) is 8.91. The molecule has 0 fully saturated rings. The lowest BCUT2D eigenvalue weighted by Crippen LogP contribution is -1.97. The maximum absolute atomic E-state index is 5.07. The van der Waals surface area contributed by atoms with Gasteiger partial charge in [0.05, 0.1) is 33.5 Å². The Bertz CT molecular complexity index is 3270. The zero-order valence-electron chi connectivity index (χ0n) is 33.2. The molecule has 0 aliphatic heterocycles. The lowest BCUT2D eigenvalue weighted by Gasteiger charge is -2.13. The lowest BCUT2D eigenvalue weighted by atomic mass is 9.96. The Kier molecular flexibility index (Phi) is 8.12. The fraction of sp³-hybridized carbons (Fsp3) is 0.0545. The number of hydrogen-bond acceptors (Lipinski definition) is 2. The molecule has 11 aromatic rings. The van der Waals surface area contributed by atoms with E-state index in [1.54, 1.807) is 0 Å². The van der Waals surface area contributed by atoms with Gasteiger partial charge in [0.1, 0.15) is 0 Å². The molecule has 0 amide bonds. The highest BCUT2D eigenvalue weighted by Gasteiger charge is 2.18. The minimum atomic E-state index is 0.720. The second-order valence-corrected chi connectivity index (χ2v) is 15.7. The van der Waals surface area contributed by atoms with Crippen LogP contribution in [0.15, 0.2) is 188 Å². The molecule has 0 spiro atoms. The topological polar surface area (TPSA) is 35.6 Å². The summed E-state index contributed by atoms with van der Waals surface area (Å²) in [4.78, 5) is 10.1. The van der Waals surface area contributed by atoms with Crippen molar-refractivity contribution in [3.05, 3.63) is 205 Å². The van der Waals surface area contributed by atoms with Crippen LogP contribution in [0.4, 0.5) is 0 Å². The van der Waals surface area contributed by atoms with Crippen molar-refractivity contribution in [3.63, 3.8) is 0 Å². The van der Waals surface area contributed by atoms with Crippen LogP contribution in [-0.4, -0.2) is 19.1 Å². The average molecular weight is 757 g/mol. The largest absolute Gasteiger partial charge is 0.309 e. The first-order valence-corrected chi connectivity index (χ1v) is 20.2. The van der Waals surface area contributed by atoms with Crippen LogP contribution in [0.5, 0.6) is 0 Å². The molecule has 0 radical (unpaired) electrons. The predicted molar refractivity (Wildman–Crippen MR) is 247 cm³/mol. The zero-order chi connectivity index (χ0) is 39.6. The number of fused-ring (bicyclic) bond motifs is 6. The van der Waals surface area contributed by atoms with Gasteiger partial charge in [0.2, 0.25) is 0 Å². The Morgan fingerprint density at radius 3 is 1.51 bits per heavy atom. The molecule has 11 rings (SSSR count). The highest BCUT2D eigenvalue weighted by Crippen LogP contribution is 2.38. The second-order valence-electron chi connectivity index (χ2n) is 15.7. The van der Waals surface area contributed by atoms with Crippen molar-refractivity contribution in [2.45, 2.75) is 20.8 Å².